The predicted octanol–water partition coefficient (Wildman–Crippen LogP) is 3.08. The average Bonchev–Trinajstić information content (AvgIpc) is 2.91. The molecule has 0 saturated heterocycles. The number of ether oxygens (including phenoxy) is 3. The van der Waals surface area contributed by atoms with E-state index in [1.54, 1.807) is 30.3 Å². The maximum absolute atomic E-state index is 13.1. The van der Waals surface area contributed by atoms with Crippen LogP contribution in [0.25, 0.3) is 0 Å². The van der Waals surface area contributed by atoms with Gasteiger partial charge in [0.15, 0.2) is 5.60 Å². The maximum atomic E-state index is 13.1. The predicted molar refractivity (Wildman–Crippen MR) is 99.8 cm³/mol. The van der Waals surface area contributed by atoms with Gasteiger partial charge in [-0.15, -0.1) is 0 Å². The van der Waals surface area contributed by atoms with Gasteiger partial charge in [-0.25, -0.2) is 4.79 Å². The van der Waals surface area contributed by atoms with Gasteiger partial charge in [-0.05, 0) is 56.7 Å². The molecule has 4 rings (SSSR count). The van der Waals surface area contributed by atoms with Gasteiger partial charge in [0.05, 0.1) is 18.9 Å². The van der Waals surface area contributed by atoms with E-state index in [0.717, 1.165) is 5.57 Å². The third kappa shape index (κ3) is 2.59. The van der Waals surface area contributed by atoms with Crippen LogP contribution in [-0.2, 0) is 19.1 Å². The van der Waals surface area contributed by atoms with Gasteiger partial charge >= 0.3 is 5.97 Å². The van der Waals surface area contributed by atoms with Crippen LogP contribution in [0.4, 0.5) is 0 Å². The number of Topliss-reactive ketones (excluding diaryl/α,β-unsaturated/α-hetero) is 2. The molecule has 28 heavy (non-hydrogen) atoms. The van der Waals surface area contributed by atoms with Gasteiger partial charge in [0.2, 0.25) is 11.6 Å². The summed E-state index contributed by atoms with van der Waals surface area (Å²) in [6.07, 6.45) is 3.65. The Morgan fingerprint density at radius 1 is 1.11 bits per heavy atom. The fourth-order valence-electron chi connectivity index (χ4n) is 3.77. The maximum Gasteiger partial charge on any atom is 0.343 e. The van der Waals surface area contributed by atoms with Crippen LogP contribution in [0, 0.1) is 0 Å². The first-order valence-corrected chi connectivity index (χ1v) is 8.97. The fraction of sp³-hybridized carbons (Fsp3) is 0.318. The lowest BCUT2D eigenvalue weighted by Crippen LogP contribution is -2.43. The number of fused-ring (bicyclic) bond motifs is 2. The molecule has 0 fully saturated rings. The smallest absolute Gasteiger partial charge is 0.343 e. The molecule has 1 aliphatic carbocycles. The van der Waals surface area contributed by atoms with Gasteiger partial charge < -0.3 is 14.2 Å². The Hall–Kier alpha value is -3.15. The summed E-state index contributed by atoms with van der Waals surface area (Å²) in [5.41, 5.74) is -0.333. The Morgan fingerprint density at radius 3 is 2.43 bits per heavy atom. The minimum atomic E-state index is -1.52. The second kappa shape index (κ2) is 5.92. The van der Waals surface area contributed by atoms with E-state index in [-0.39, 0.29) is 11.4 Å². The first-order chi connectivity index (χ1) is 13.2. The van der Waals surface area contributed by atoms with Crippen molar-refractivity contribution in [2.45, 2.75) is 38.4 Å². The first kappa shape index (κ1) is 18.2. The monoisotopic (exact) mass is 380 g/mol. The van der Waals surface area contributed by atoms with Crippen molar-refractivity contribution in [3.05, 3.63) is 64.5 Å². The molecule has 0 spiro atoms. The molecule has 0 saturated carbocycles. The fourth-order valence-corrected chi connectivity index (χ4v) is 3.77. The lowest BCUT2D eigenvalue weighted by molar-refractivity contribution is -0.152. The van der Waals surface area contributed by atoms with Crippen LogP contribution in [0.15, 0.2) is 58.9 Å². The van der Waals surface area contributed by atoms with Gasteiger partial charge in [-0.3, -0.25) is 9.59 Å². The first-order valence-electron chi connectivity index (χ1n) is 8.97. The number of carbonyl (C=O) groups is 3. The largest absolute Gasteiger partial charge is 0.497 e. The molecule has 1 unspecified atom stereocenters. The summed E-state index contributed by atoms with van der Waals surface area (Å²) in [4.78, 5) is 38.8. The quantitative estimate of drug-likeness (QED) is 0.456. The Labute approximate surface area is 162 Å². The zero-order valence-corrected chi connectivity index (χ0v) is 16.1. The van der Waals surface area contributed by atoms with E-state index in [1.807, 2.05) is 13.8 Å². The molecule has 0 aromatic heterocycles. The van der Waals surface area contributed by atoms with Crippen molar-refractivity contribution >= 4 is 17.5 Å². The molecule has 6 nitrogen and oxygen atoms in total. The minimum absolute atomic E-state index is 0.100. The number of rotatable bonds is 3. The highest BCUT2D eigenvalue weighted by Crippen LogP contribution is 2.46. The Kier molecular flexibility index (Phi) is 3.86. The zero-order valence-electron chi connectivity index (χ0n) is 16.1. The SMILES string of the molecule is COc1ccc(C(=O)C2=C3C=C4CC(C)(C)OC=C4C(=O)C3(C)OC2=O)cc1. The summed E-state index contributed by atoms with van der Waals surface area (Å²) in [6, 6.07) is 6.45. The van der Waals surface area contributed by atoms with Crippen LogP contribution >= 0.6 is 0 Å². The van der Waals surface area contributed by atoms with Crippen molar-refractivity contribution in [1.82, 2.24) is 0 Å². The van der Waals surface area contributed by atoms with E-state index in [2.05, 4.69) is 0 Å². The topological polar surface area (TPSA) is 78.9 Å². The number of carbonyl (C=O) groups excluding carboxylic acids is 3. The second-order valence-corrected chi connectivity index (χ2v) is 7.85. The standard InChI is InChI=1S/C22H20O6/c1-21(2)10-13-9-16-17(18(23)12-5-7-14(26-4)8-6-12)20(25)28-22(16,3)19(24)15(13)11-27-21/h5-9,11H,10H2,1-4H3. The van der Waals surface area contributed by atoms with Crippen molar-refractivity contribution in [3.8, 4) is 5.75 Å². The minimum Gasteiger partial charge on any atom is -0.497 e. The van der Waals surface area contributed by atoms with Gasteiger partial charge in [0, 0.05) is 17.6 Å². The van der Waals surface area contributed by atoms with Gasteiger partial charge in [0.1, 0.15) is 16.9 Å². The number of methoxy groups -OCH3 is 1. The molecule has 1 aromatic rings. The molecule has 0 radical (unpaired) electrons. The normalized spacial score (nSPS) is 25.1. The van der Waals surface area contributed by atoms with Crippen LogP contribution in [0.3, 0.4) is 0 Å². The van der Waals surface area contributed by atoms with Crippen LogP contribution in [0.2, 0.25) is 0 Å². The van der Waals surface area contributed by atoms with Crippen LogP contribution < -0.4 is 4.74 Å². The number of esters is 1. The highest BCUT2D eigenvalue weighted by molar-refractivity contribution is 6.29. The molecule has 2 aliphatic heterocycles. The lowest BCUT2D eigenvalue weighted by atomic mass is 9.74. The van der Waals surface area contributed by atoms with E-state index in [1.165, 1.54) is 20.3 Å². The molecular formula is C22H20O6. The van der Waals surface area contributed by atoms with Gasteiger partial charge in [-0.1, -0.05) is 0 Å². The Morgan fingerprint density at radius 2 is 1.79 bits per heavy atom. The Bertz CT molecular complexity index is 1010. The van der Waals surface area contributed by atoms with Crippen molar-refractivity contribution in [3.63, 3.8) is 0 Å². The summed E-state index contributed by atoms with van der Waals surface area (Å²) in [5, 5.41) is 0. The summed E-state index contributed by atoms with van der Waals surface area (Å²) < 4.78 is 16.2. The highest BCUT2D eigenvalue weighted by atomic mass is 16.6. The molecule has 2 heterocycles. The molecule has 1 atom stereocenters. The number of hydrogen-bond donors (Lipinski definition) is 0. The molecule has 1 aromatic carbocycles. The average molecular weight is 380 g/mol. The summed E-state index contributed by atoms with van der Waals surface area (Å²) in [5.74, 6) is -1.04. The summed E-state index contributed by atoms with van der Waals surface area (Å²) in [6.45, 7) is 5.34. The number of ketones is 2. The molecular weight excluding hydrogens is 360 g/mol. The van der Waals surface area contributed by atoms with Gasteiger partial charge in [0.25, 0.3) is 0 Å². The van der Waals surface area contributed by atoms with E-state index in [4.69, 9.17) is 14.2 Å². The lowest BCUT2D eigenvalue weighted by Gasteiger charge is -2.37. The van der Waals surface area contributed by atoms with E-state index in [9.17, 15) is 14.4 Å². The number of benzene rings is 1. The molecule has 6 heteroatoms. The van der Waals surface area contributed by atoms with Crippen LogP contribution in [-0.4, -0.2) is 35.8 Å². The van der Waals surface area contributed by atoms with E-state index < -0.39 is 23.0 Å². The van der Waals surface area contributed by atoms with Crippen molar-refractivity contribution in [2.24, 2.45) is 0 Å². The van der Waals surface area contributed by atoms with Gasteiger partial charge in [-0.2, -0.15) is 0 Å². The molecule has 0 bridgehead atoms. The van der Waals surface area contributed by atoms with Crippen molar-refractivity contribution in [2.75, 3.05) is 7.11 Å². The molecule has 0 amide bonds. The van der Waals surface area contributed by atoms with Crippen molar-refractivity contribution < 1.29 is 28.6 Å². The van der Waals surface area contributed by atoms with Crippen molar-refractivity contribution in [1.29, 1.82) is 0 Å². The highest BCUT2D eigenvalue weighted by Gasteiger charge is 2.55. The van der Waals surface area contributed by atoms with E-state index in [0.29, 0.717) is 28.9 Å². The molecule has 3 aliphatic rings. The second-order valence-electron chi connectivity index (χ2n) is 7.85. The zero-order chi connectivity index (χ0) is 20.3. The van der Waals surface area contributed by atoms with Crippen LogP contribution in [0.1, 0.15) is 37.6 Å². The van der Waals surface area contributed by atoms with Crippen LogP contribution in [0.5, 0.6) is 5.75 Å². The number of hydrogen-bond acceptors (Lipinski definition) is 6. The third-order valence-corrected chi connectivity index (χ3v) is 5.32. The molecule has 144 valence electrons. The summed E-state index contributed by atoms with van der Waals surface area (Å²) >= 11 is 0. The third-order valence-electron chi connectivity index (χ3n) is 5.32. The van der Waals surface area contributed by atoms with E-state index >= 15 is 0 Å². The summed E-state index contributed by atoms with van der Waals surface area (Å²) in [7, 11) is 1.53. The Balaban J connectivity index is 1.85. The molecule has 0 N–H and O–H groups in total.